The van der Waals surface area contributed by atoms with Crippen LogP contribution in [0.15, 0.2) is 17.3 Å². The number of carboxylic acid groups (broad SMARTS) is 1. The summed E-state index contributed by atoms with van der Waals surface area (Å²) in [6.07, 6.45) is -2.01. The number of amidine groups is 1. The summed E-state index contributed by atoms with van der Waals surface area (Å²) in [6, 6.07) is 2.80. The fourth-order valence-electron chi connectivity index (χ4n) is 2.14. The summed E-state index contributed by atoms with van der Waals surface area (Å²) >= 11 is 0. The van der Waals surface area contributed by atoms with Crippen molar-refractivity contribution in [3.63, 3.8) is 0 Å². The third-order valence-electron chi connectivity index (χ3n) is 3.09. The van der Waals surface area contributed by atoms with Crippen molar-refractivity contribution >= 4 is 11.8 Å². The number of nitrogens with one attached hydrogen (secondary N) is 1. The molecule has 2 rings (SSSR count). The molecule has 1 aromatic rings. The monoisotopic (exact) mass is 295 g/mol. The zero-order valence-electron chi connectivity index (χ0n) is 10.7. The van der Waals surface area contributed by atoms with E-state index in [-0.39, 0.29) is 30.1 Å². The molecule has 4 N–H and O–H groups in total. The van der Waals surface area contributed by atoms with E-state index in [1.165, 1.54) is 0 Å². The number of nitriles is 1. The maximum Gasteiger partial charge on any atom is 0.354 e. The van der Waals surface area contributed by atoms with Gasteiger partial charge in [-0.15, -0.1) is 0 Å². The van der Waals surface area contributed by atoms with Gasteiger partial charge in [0.15, 0.2) is 11.2 Å². The number of rotatable bonds is 3. The molecule has 0 radical (unpaired) electrons. The Hall–Kier alpha value is -2.60. The van der Waals surface area contributed by atoms with E-state index in [1.54, 1.807) is 6.07 Å². The van der Waals surface area contributed by atoms with Gasteiger partial charge in [0.2, 0.25) is 0 Å². The Morgan fingerprint density at radius 3 is 2.86 bits per heavy atom. The molecule has 0 aliphatic carbocycles. The van der Waals surface area contributed by atoms with Crippen molar-refractivity contribution in [1.82, 2.24) is 10.3 Å². The predicted molar refractivity (Wildman–Crippen MR) is 68.1 cm³/mol. The molecule has 21 heavy (non-hydrogen) atoms. The molecule has 1 atom stereocenters. The van der Waals surface area contributed by atoms with Crippen LogP contribution in [0, 0.1) is 11.3 Å². The fourth-order valence-corrected chi connectivity index (χ4v) is 2.14. The van der Waals surface area contributed by atoms with Crippen LogP contribution in [0.2, 0.25) is 0 Å². The van der Waals surface area contributed by atoms with E-state index in [1.807, 2.05) is 0 Å². The minimum absolute atomic E-state index is 0.0330. The topological polar surface area (TPSA) is 124 Å². The van der Waals surface area contributed by atoms with Crippen LogP contribution in [0.25, 0.3) is 0 Å². The van der Waals surface area contributed by atoms with Gasteiger partial charge < -0.3 is 16.2 Å². The van der Waals surface area contributed by atoms with Crippen LogP contribution < -0.4 is 11.1 Å². The molecule has 7 nitrogen and oxygen atoms in total. The van der Waals surface area contributed by atoms with Gasteiger partial charge in [0.25, 0.3) is 6.43 Å². The second-order valence-electron chi connectivity index (χ2n) is 4.47. The lowest BCUT2D eigenvalue weighted by Crippen LogP contribution is -2.51. The molecule has 0 amide bonds. The highest BCUT2D eigenvalue weighted by atomic mass is 19.3. The van der Waals surface area contributed by atoms with E-state index in [2.05, 4.69) is 15.3 Å². The normalized spacial score (nSPS) is 21.7. The van der Waals surface area contributed by atoms with E-state index in [0.717, 1.165) is 12.3 Å². The smallest absolute Gasteiger partial charge is 0.354 e. The number of aromatic carboxylic acids is 1. The van der Waals surface area contributed by atoms with E-state index in [0.29, 0.717) is 0 Å². The largest absolute Gasteiger partial charge is 0.477 e. The first-order valence-corrected chi connectivity index (χ1v) is 5.87. The number of aliphatic imine (C=N–C) groups is 1. The molecule has 0 aromatic carbocycles. The van der Waals surface area contributed by atoms with Crippen molar-refractivity contribution in [3.8, 4) is 6.07 Å². The van der Waals surface area contributed by atoms with Crippen LogP contribution in [0.5, 0.6) is 0 Å². The van der Waals surface area contributed by atoms with Gasteiger partial charge in [-0.25, -0.2) is 18.6 Å². The van der Waals surface area contributed by atoms with Crippen molar-refractivity contribution in [2.24, 2.45) is 10.7 Å². The lowest BCUT2D eigenvalue weighted by Gasteiger charge is -2.34. The molecule has 110 valence electrons. The highest BCUT2D eigenvalue weighted by Crippen LogP contribution is 2.35. The number of nitrogens with zero attached hydrogens (tertiary/aromatic N) is 3. The molecule has 0 spiro atoms. The number of carbonyl (C=O) groups is 1. The van der Waals surface area contributed by atoms with Crippen molar-refractivity contribution in [1.29, 1.82) is 5.26 Å². The standard InChI is InChI=1S/C12H11F2N5O2/c13-11(14)12(5-17-4-8(16)19-12)7-1-6(2-15)3-18-9(7)10(20)21/h1,3,11,17H,4-5H2,(H2,16,19)(H,20,21). The van der Waals surface area contributed by atoms with Gasteiger partial charge in [0.1, 0.15) is 11.9 Å². The van der Waals surface area contributed by atoms with Gasteiger partial charge in [-0.3, -0.25) is 4.99 Å². The third kappa shape index (κ3) is 2.53. The average Bonchev–Trinajstić information content (AvgIpc) is 2.46. The van der Waals surface area contributed by atoms with Crippen LogP contribution in [0.3, 0.4) is 0 Å². The Morgan fingerprint density at radius 1 is 1.62 bits per heavy atom. The first-order chi connectivity index (χ1) is 9.90. The van der Waals surface area contributed by atoms with Crippen molar-refractivity contribution in [2.75, 3.05) is 13.1 Å². The Balaban J connectivity index is 2.74. The molecule has 2 heterocycles. The summed E-state index contributed by atoms with van der Waals surface area (Å²) in [7, 11) is 0. The molecule has 0 fully saturated rings. The summed E-state index contributed by atoms with van der Waals surface area (Å²) in [5.74, 6) is -1.55. The van der Waals surface area contributed by atoms with Gasteiger partial charge in [-0.2, -0.15) is 5.26 Å². The Kier molecular flexibility index (Phi) is 3.82. The van der Waals surface area contributed by atoms with Crippen LogP contribution in [-0.4, -0.2) is 41.4 Å². The quantitative estimate of drug-likeness (QED) is 0.725. The van der Waals surface area contributed by atoms with Gasteiger partial charge in [-0.05, 0) is 6.07 Å². The number of alkyl halides is 2. The molecule has 1 aromatic heterocycles. The second-order valence-corrected chi connectivity index (χ2v) is 4.47. The third-order valence-corrected chi connectivity index (χ3v) is 3.09. The van der Waals surface area contributed by atoms with Crippen LogP contribution in [0.4, 0.5) is 8.78 Å². The number of halogens is 2. The van der Waals surface area contributed by atoms with E-state index < -0.39 is 23.6 Å². The first kappa shape index (κ1) is 14.8. The summed E-state index contributed by atoms with van der Waals surface area (Å²) in [5, 5.41) is 20.7. The van der Waals surface area contributed by atoms with Crippen LogP contribution in [-0.2, 0) is 5.54 Å². The minimum atomic E-state index is -3.02. The highest BCUT2D eigenvalue weighted by molar-refractivity contribution is 5.89. The maximum absolute atomic E-state index is 13.6. The average molecular weight is 295 g/mol. The van der Waals surface area contributed by atoms with E-state index in [9.17, 15) is 13.6 Å². The number of pyridine rings is 1. The van der Waals surface area contributed by atoms with E-state index >= 15 is 0 Å². The fraction of sp³-hybridized carbons (Fsp3) is 0.333. The predicted octanol–water partition coefficient (Wildman–Crippen LogP) is 0.0723. The molecule has 1 aliphatic rings. The number of hydrogen-bond acceptors (Lipinski definition) is 6. The Morgan fingerprint density at radius 2 is 2.33 bits per heavy atom. The van der Waals surface area contributed by atoms with Crippen molar-refractivity contribution in [2.45, 2.75) is 12.0 Å². The second kappa shape index (κ2) is 5.41. The number of aromatic nitrogens is 1. The summed E-state index contributed by atoms with van der Waals surface area (Å²) < 4.78 is 27.2. The maximum atomic E-state index is 13.6. The van der Waals surface area contributed by atoms with Gasteiger partial charge in [-0.1, -0.05) is 0 Å². The number of carboxylic acids is 1. The zero-order valence-corrected chi connectivity index (χ0v) is 10.7. The molecule has 0 saturated carbocycles. The van der Waals surface area contributed by atoms with Crippen molar-refractivity contribution < 1.29 is 18.7 Å². The van der Waals surface area contributed by atoms with Crippen LogP contribution >= 0.6 is 0 Å². The first-order valence-electron chi connectivity index (χ1n) is 5.87. The lowest BCUT2D eigenvalue weighted by atomic mass is 9.87. The molecule has 1 unspecified atom stereocenters. The SMILES string of the molecule is N#Cc1cnc(C(=O)O)c(C2(C(F)F)CNCC(N)=N2)c1. The Labute approximate surface area is 118 Å². The molecule has 1 aliphatic heterocycles. The highest BCUT2D eigenvalue weighted by Gasteiger charge is 2.46. The molecular formula is C12H11F2N5O2. The van der Waals surface area contributed by atoms with Gasteiger partial charge in [0, 0.05) is 18.3 Å². The van der Waals surface area contributed by atoms with Gasteiger partial charge >= 0.3 is 5.97 Å². The van der Waals surface area contributed by atoms with Gasteiger partial charge in [0.05, 0.1) is 12.1 Å². The summed E-state index contributed by atoms with van der Waals surface area (Å²) in [4.78, 5) is 18.6. The molecular weight excluding hydrogens is 284 g/mol. The van der Waals surface area contributed by atoms with Crippen LogP contribution in [0.1, 0.15) is 21.6 Å². The molecule has 9 heteroatoms. The van der Waals surface area contributed by atoms with Crippen molar-refractivity contribution in [3.05, 3.63) is 29.1 Å². The lowest BCUT2D eigenvalue weighted by molar-refractivity contribution is 0.0487. The zero-order chi connectivity index (χ0) is 15.6. The number of hydrogen-bond donors (Lipinski definition) is 3. The number of nitrogens with two attached hydrogens (primary N) is 1. The Bertz CT molecular complexity index is 656. The molecule has 0 bridgehead atoms. The molecule has 0 saturated heterocycles. The summed E-state index contributed by atoms with van der Waals surface area (Å²) in [5.41, 5.74) is 2.39. The minimum Gasteiger partial charge on any atom is -0.477 e. The summed E-state index contributed by atoms with van der Waals surface area (Å²) in [6.45, 7) is -0.176. The van der Waals surface area contributed by atoms with E-state index in [4.69, 9.17) is 16.1 Å².